The molecule has 0 aliphatic rings. The smallest absolute Gasteiger partial charge is 0.264 e. The standard InChI is InChI=1S/C16H18BrNOS/c1-18(16(19)15-14(17)10-12-20-15)11-6-5-9-13-7-3-2-4-8-13/h2-4,7-8,10,12H,5-6,9,11H2,1H3. The Morgan fingerprint density at radius 1 is 1.20 bits per heavy atom. The number of hydrogen-bond acceptors (Lipinski definition) is 2. The highest BCUT2D eigenvalue weighted by Crippen LogP contribution is 2.23. The van der Waals surface area contributed by atoms with Gasteiger partial charge in [-0.05, 0) is 52.2 Å². The third-order valence-corrected chi connectivity index (χ3v) is 5.04. The molecule has 0 saturated carbocycles. The van der Waals surface area contributed by atoms with E-state index in [1.807, 2.05) is 29.5 Å². The van der Waals surface area contributed by atoms with Gasteiger partial charge in [-0.25, -0.2) is 0 Å². The maximum absolute atomic E-state index is 12.2. The van der Waals surface area contributed by atoms with Crippen molar-refractivity contribution in [3.05, 3.63) is 56.7 Å². The molecule has 0 bridgehead atoms. The minimum absolute atomic E-state index is 0.103. The molecule has 1 amide bonds. The molecule has 0 radical (unpaired) electrons. The molecule has 0 aliphatic carbocycles. The van der Waals surface area contributed by atoms with Crippen LogP contribution in [0.25, 0.3) is 0 Å². The van der Waals surface area contributed by atoms with Crippen molar-refractivity contribution in [1.82, 2.24) is 4.90 Å². The largest absolute Gasteiger partial charge is 0.341 e. The van der Waals surface area contributed by atoms with Crippen molar-refractivity contribution in [1.29, 1.82) is 0 Å². The van der Waals surface area contributed by atoms with Gasteiger partial charge in [-0.1, -0.05) is 30.3 Å². The summed E-state index contributed by atoms with van der Waals surface area (Å²) in [4.78, 5) is 14.8. The zero-order valence-corrected chi connectivity index (χ0v) is 13.9. The summed E-state index contributed by atoms with van der Waals surface area (Å²) in [7, 11) is 1.87. The summed E-state index contributed by atoms with van der Waals surface area (Å²) in [6.45, 7) is 0.802. The van der Waals surface area contributed by atoms with E-state index in [2.05, 4.69) is 40.2 Å². The monoisotopic (exact) mass is 351 g/mol. The highest BCUT2D eigenvalue weighted by molar-refractivity contribution is 9.10. The lowest BCUT2D eigenvalue weighted by molar-refractivity contribution is 0.0797. The quantitative estimate of drug-likeness (QED) is 0.696. The van der Waals surface area contributed by atoms with E-state index >= 15 is 0 Å². The molecular weight excluding hydrogens is 334 g/mol. The van der Waals surface area contributed by atoms with Gasteiger partial charge in [-0.2, -0.15) is 0 Å². The first-order chi connectivity index (χ1) is 9.68. The third kappa shape index (κ3) is 4.18. The van der Waals surface area contributed by atoms with Gasteiger partial charge in [-0.15, -0.1) is 11.3 Å². The minimum atomic E-state index is 0.103. The minimum Gasteiger partial charge on any atom is -0.341 e. The number of rotatable bonds is 6. The van der Waals surface area contributed by atoms with E-state index in [9.17, 15) is 4.79 Å². The number of unbranched alkanes of at least 4 members (excludes halogenated alkanes) is 1. The first kappa shape index (κ1) is 15.3. The second-order valence-corrected chi connectivity index (χ2v) is 6.54. The molecule has 2 aromatic rings. The van der Waals surface area contributed by atoms with Crippen molar-refractivity contribution in [2.75, 3.05) is 13.6 Å². The van der Waals surface area contributed by atoms with Gasteiger partial charge in [0.05, 0.1) is 0 Å². The molecule has 4 heteroatoms. The first-order valence-electron chi connectivity index (χ1n) is 6.71. The van der Waals surface area contributed by atoms with Crippen molar-refractivity contribution in [3.63, 3.8) is 0 Å². The first-order valence-corrected chi connectivity index (χ1v) is 8.38. The number of hydrogen-bond donors (Lipinski definition) is 0. The van der Waals surface area contributed by atoms with Gasteiger partial charge in [0.25, 0.3) is 5.91 Å². The van der Waals surface area contributed by atoms with Crippen LogP contribution in [0, 0.1) is 0 Å². The molecule has 0 fully saturated rings. The van der Waals surface area contributed by atoms with E-state index in [4.69, 9.17) is 0 Å². The lowest BCUT2D eigenvalue weighted by atomic mass is 10.1. The molecule has 2 rings (SSSR count). The van der Waals surface area contributed by atoms with E-state index in [1.54, 1.807) is 0 Å². The SMILES string of the molecule is CN(CCCCc1ccccc1)C(=O)c1sccc1Br. The van der Waals surface area contributed by atoms with Crippen LogP contribution in [0.1, 0.15) is 28.1 Å². The molecule has 20 heavy (non-hydrogen) atoms. The maximum atomic E-state index is 12.2. The van der Waals surface area contributed by atoms with E-state index in [-0.39, 0.29) is 5.91 Å². The van der Waals surface area contributed by atoms with Crippen LogP contribution in [0.2, 0.25) is 0 Å². The third-order valence-electron chi connectivity index (χ3n) is 3.21. The summed E-state index contributed by atoms with van der Waals surface area (Å²) >= 11 is 4.89. The average molecular weight is 352 g/mol. The Morgan fingerprint density at radius 3 is 2.60 bits per heavy atom. The topological polar surface area (TPSA) is 20.3 Å². The Balaban J connectivity index is 1.74. The fourth-order valence-electron chi connectivity index (χ4n) is 2.04. The zero-order valence-electron chi connectivity index (χ0n) is 11.5. The zero-order chi connectivity index (χ0) is 14.4. The number of amides is 1. The van der Waals surface area contributed by atoms with Crippen LogP contribution in [-0.2, 0) is 6.42 Å². The molecule has 1 aromatic heterocycles. The summed E-state index contributed by atoms with van der Waals surface area (Å²) in [6, 6.07) is 12.4. The Labute approximate surface area is 132 Å². The van der Waals surface area contributed by atoms with Gasteiger partial charge >= 0.3 is 0 Å². The van der Waals surface area contributed by atoms with E-state index in [0.717, 1.165) is 35.2 Å². The van der Waals surface area contributed by atoms with Crippen LogP contribution in [-0.4, -0.2) is 24.4 Å². The maximum Gasteiger partial charge on any atom is 0.264 e. The summed E-state index contributed by atoms with van der Waals surface area (Å²) < 4.78 is 0.892. The molecule has 0 aliphatic heterocycles. The van der Waals surface area contributed by atoms with Gasteiger partial charge in [0.15, 0.2) is 0 Å². The van der Waals surface area contributed by atoms with Crippen LogP contribution in [0.15, 0.2) is 46.3 Å². The number of halogens is 1. The summed E-state index contributed by atoms with van der Waals surface area (Å²) in [6.07, 6.45) is 3.21. The molecular formula is C16H18BrNOS. The molecule has 2 nitrogen and oxygen atoms in total. The van der Waals surface area contributed by atoms with E-state index in [0.29, 0.717) is 0 Å². The van der Waals surface area contributed by atoms with E-state index < -0.39 is 0 Å². The molecule has 0 saturated heterocycles. The second kappa shape index (κ2) is 7.60. The van der Waals surface area contributed by atoms with E-state index in [1.165, 1.54) is 16.9 Å². The van der Waals surface area contributed by atoms with Crippen LogP contribution in [0.5, 0.6) is 0 Å². The Kier molecular flexibility index (Phi) is 5.80. The molecule has 0 unspecified atom stereocenters. The number of carbonyl (C=O) groups is 1. The van der Waals surface area contributed by atoms with Gasteiger partial charge in [0.2, 0.25) is 0 Å². The van der Waals surface area contributed by atoms with Gasteiger partial charge in [-0.3, -0.25) is 4.79 Å². The van der Waals surface area contributed by atoms with Crippen molar-refractivity contribution in [2.24, 2.45) is 0 Å². The molecule has 1 heterocycles. The van der Waals surface area contributed by atoms with Crippen molar-refractivity contribution < 1.29 is 4.79 Å². The fraction of sp³-hybridized carbons (Fsp3) is 0.312. The molecule has 1 aromatic carbocycles. The number of benzene rings is 1. The van der Waals surface area contributed by atoms with Crippen LogP contribution in [0.3, 0.4) is 0 Å². The summed E-state index contributed by atoms with van der Waals surface area (Å²) in [5.41, 5.74) is 1.36. The predicted molar refractivity (Wildman–Crippen MR) is 88.4 cm³/mol. The van der Waals surface area contributed by atoms with Crippen molar-refractivity contribution in [3.8, 4) is 0 Å². The Morgan fingerprint density at radius 2 is 1.95 bits per heavy atom. The number of carbonyl (C=O) groups excluding carboxylic acids is 1. The number of nitrogens with zero attached hydrogens (tertiary/aromatic N) is 1. The number of aryl methyl sites for hydroxylation is 1. The second-order valence-electron chi connectivity index (χ2n) is 4.77. The normalized spacial score (nSPS) is 10.5. The van der Waals surface area contributed by atoms with Crippen LogP contribution >= 0.6 is 27.3 Å². The Bertz CT molecular complexity index is 553. The lowest BCUT2D eigenvalue weighted by Gasteiger charge is -2.16. The van der Waals surface area contributed by atoms with Crippen molar-refractivity contribution >= 4 is 33.2 Å². The Hall–Kier alpha value is -1.13. The van der Waals surface area contributed by atoms with Gasteiger partial charge in [0.1, 0.15) is 4.88 Å². The highest BCUT2D eigenvalue weighted by atomic mass is 79.9. The van der Waals surface area contributed by atoms with Crippen LogP contribution in [0.4, 0.5) is 0 Å². The van der Waals surface area contributed by atoms with Gasteiger partial charge in [0, 0.05) is 18.1 Å². The van der Waals surface area contributed by atoms with Gasteiger partial charge < -0.3 is 4.90 Å². The van der Waals surface area contributed by atoms with Crippen molar-refractivity contribution in [2.45, 2.75) is 19.3 Å². The molecule has 0 N–H and O–H groups in total. The predicted octanol–water partition coefficient (Wildman–Crippen LogP) is 4.61. The average Bonchev–Trinajstić information content (AvgIpc) is 2.90. The molecule has 0 spiro atoms. The highest BCUT2D eigenvalue weighted by Gasteiger charge is 2.15. The number of thiophene rings is 1. The molecule has 106 valence electrons. The fourth-order valence-corrected chi connectivity index (χ4v) is 3.58. The summed E-state index contributed by atoms with van der Waals surface area (Å²) in [5.74, 6) is 0.103. The van der Waals surface area contributed by atoms with Crippen LogP contribution < -0.4 is 0 Å². The lowest BCUT2D eigenvalue weighted by Crippen LogP contribution is -2.27. The molecule has 0 atom stereocenters. The summed E-state index contributed by atoms with van der Waals surface area (Å²) in [5, 5.41) is 1.93.